The van der Waals surface area contributed by atoms with Crippen molar-refractivity contribution in [3.05, 3.63) is 34.9 Å². The molecule has 0 spiro atoms. The molecule has 1 saturated heterocycles. The zero-order chi connectivity index (χ0) is 13.9. The Labute approximate surface area is 119 Å². The first kappa shape index (κ1) is 13.6. The molecule has 1 aliphatic carbocycles. The zero-order valence-electron chi connectivity index (χ0n) is 11.7. The lowest BCUT2D eigenvalue weighted by Crippen LogP contribution is -2.46. The fourth-order valence-electron chi connectivity index (χ4n) is 3.06. The summed E-state index contributed by atoms with van der Waals surface area (Å²) in [5, 5.41) is 9.16. The van der Waals surface area contributed by atoms with Crippen molar-refractivity contribution in [1.82, 2.24) is 4.90 Å². The van der Waals surface area contributed by atoms with E-state index in [1.165, 1.54) is 24.0 Å². The van der Waals surface area contributed by atoms with Crippen LogP contribution in [0, 0.1) is 0 Å². The number of aliphatic hydroxyl groups excluding tert-OH is 1. The smallest absolute Gasteiger partial charge is 0.254 e. The summed E-state index contributed by atoms with van der Waals surface area (Å²) >= 11 is 0. The molecule has 20 heavy (non-hydrogen) atoms. The molecule has 108 valence electrons. The summed E-state index contributed by atoms with van der Waals surface area (Å²) < 4.78 is 5.39. The first-order chi connectivity index (χ1) is 9.78. The van der Waals surface area contributed by atoms with Crippen molar-refractivity contribution in [3.63, 3.8) is 0 Å². The molecule has 4 nitrogen and oxygen atoms in total. The molecule has 1 fully saturated rings. The molecule has 0 saturated carbocycles. The molecule has 1 aliphatic heterocycles. The number of fused-ring (bicyclic) bond motifs is 1. The van der Waals surface area contributed by atoms with Gasteiger partial charge in [0.05, 0.1) is 19.3 Å². The van der Waals surface area contributed by atoms with Gasteiger partial charge in [-0.1, -0.05) is 6.07 Å². The molecule has 0 radical (unpaired) electrons. The second kappa shape index (κ2) is 5.94. The molecule has 1 unspecified atom stereocenters. The number of rotatable bonds is 2. The molecule has 2 aliphatic rings. The van der Waals surface area contributed by atoms with Gasteiger partial charge in [0.15, 0.2) is 0 Å². The van der Waals surface area contributed by atoms with Crippen LogP contribution >= 0.6 is 0 Å². The highest BCUT2D eigenvalue weighted by molar-refractivity contribution is 5.94. The Morgan fingerprint density at radius 2 is 2.10 bits per heavy atom. The Bertz CT molecular complexity index is 500. The second-order valence-corrected chi connectivity index (χ2v) is 5.62. The number of aryl methyl sites for hydroxylation is 2. The highest BCUT2D eigenvalue weighted by Gasteiger charge is 2.25. The molecule has 1 atom stereocenters. The highest BCUT2D eigenvalue weighted by atomic mass is 16.5. The van der Waals surface area contributed by atoms with E-state index in [1.54, 1.807) is 4.90 Å². The van der Waals surface area contributed by atoms with Gasteiger partial charge < -0.3 is 14.7 Å². The van der Waals surface area contributed by atoms with Crippen LogP contribution < -0.4 is 0 Å². The maximum Gasteiger partial charge on any atom is 0.254 e. The average Bonchev–Trinajstić information content (AvgIpc) is 2.53. The quantitative estimate of drug-likeness (QED) is 0.887. The number of hydrogen-bond donors (Lipinski definition) is 1. The van der Waals surface area contributed by atoms with E-state index < -0.39 is 0 Å². The standard InChI is InChI=1S/C16H21NO3/c18-11-15-10-17(7-8-20-15)16(19)14-6-5-12-3-1-2-4-13(12)9-14/h5-6,9,15,18H,1-4,7-8,10-11H2. The summed E-state index contributed by atoms with van der Waals surface area (Å²) in [6.07, 6.45) is 4.44. The van der Waals surface area contributed by atoms with Crippen molar-refractivity contribution in [2.45, 2.75) is 31.8 Å². The summed E-state index contributed by atoms with van der Waals surface area (Å²) in [6.45, 7) is 1.55. The zero-order valence-corrected chi connectivity index (χ0v) is 11.7. The number of carbonyl (C=O) groups is 1. The van der Waals surface area contributed by atoms with Crippen LogP contribution in [-0.4, -0.2) is 48.3 Å². The SMILES string of the molecule is O=C(c1ccc2c(c1)CCCC2)N1CCOC(CO)C1. The minimum absolute atomic E-state index is 0.0338. The van der Waals surface area contributed by atoms with E-state index in [2.05, 4.69) is 12.1 Å². The number of amides is 1. The van der Waals surface area contributed by atoms with Gasteiger partial charge in [-0.3, -0.25) is 4.79 Å². The lowest BCUT2D eigenvalue weighted by molar-refractivity contribution is -0.0447. The molecule has 1 heterocycles. The van der Waals surface area contributed by atoms with Crippen molar-refractivity contribution in [1.29, 1.82) is 0 Å². The largest absolute Gasteiger partial charge is 0.394 e. The van der Waals surface area contributed by atoms with Crippen LogP contribution in [0.15, 0.2) is 18.2 Å². The Balaban J connectivity index is 1.76. The summed E-state index contributed by atoms with van der Waals surface area (Å²) in [6, 6.07) is 6.10. The van der Waals surface area contributed by atoms with E-state index in [9.17, 15) is 4.79 Å². The number of aliphatic hydroxyl groups is 1. The number of hydrogen-bond acceptors (Lipinski definition) is 3. The predicted molar refractivity (Wildman–Crippen MR) is 75.8 cm³/mol. The second-order valence-electron chi connectivity index (χ2n) is 5.62. The number of morpholine rings is 1. The molecule has 3 rings (SSSR count). The lowest BCUT2D eigenvalue weighted by Gasteiger charge is -2.32. The van der Waals surface area contributed by atoms with Crippen LogP contribution in [0.25, 0.3) is 0 Å². The van der Waals surface area contributed by atoms with Crippen molar-refractivity contribution >= 4 is 5.91 Å². The predicted octanol–water partition coefficient (Wildman–Crippen LogP) is 1.40. The summed E-state index contributed by atoms with van der Waals surface area (Å²) in [5.74, 6) is 0.0557. The lowest BCUT2D eigenvalue weighted by atomic mass is 9.90. The fourth-order valence-corrected chi connectivity index (χ4v) is 3.06. The van der Waals surface area contributed by atoms with Crippen LogP contribution in [0.2, 0.25) is 0 Å². The molecule has 4 heteroatoms. The van der Waals surface area contributed by atoms with Gasteiger partial charge >= 0.3 is 0 Å². The van der Waals surface area contributed by atoms with Crippen molar-refractivity contribution in [3.8, 4) is 0 Å². The molecule has 1 amide bonds. The van der Waals surface area contributed by atoms with E-state index >= 15 is 0 Å². The Kier molecular flexibility index (Phi) is 4.03. The molecule has 1 aromatic rings. The van der Waals surface area contributed by atoms with Gasteiger partial charge in [-0.25, -0.2) is 0 Å². The molecular formula is C16H21NO3. The first-order valence-corrected chi connectivity index (χ1v) is 7.41. The van der Waals surface area contributed by atoms with Gasteiger partial charge in [-0.05, 0) is 48.9 Å². The number of benzene rings is 1. The van der Waals surface area contributed by atoms with Crippen LogP contribution in [0.5, 0.6) is 0 Å². The number of nitrogens with zero attached hydrogens (tertiary/aromatic N) is 1. The minimum atomic E-state index is -0.245. The molecule has 0 bridgehead atoms. The Hall–Kier alpha value is -1.39. The Morgan fingerprint density at radius 1 is 1.30 bits per heavy atom. The third-order valence-corrected chi connectivity index (χ3v) is 4.23. The third-order valence-electron chi connectivity index (χ3n) is 4.23. The van der Waals surface area contributed by atoms with Crippen LogP contribution in [-0.2, 0) is 17.6 Å². The van der Waals surface area contributed by atoms with E-state index in [0.717, 1.165) is 18.4 Å². The third kappa shape index (κ3) is 2.72. The van der Waals surface area contributed by atoms with Gasteiger partial charge in [0, 0.05) is 18.7 Å². The minimum Gasteiger partial charge on any atom is -0.394 e. The van der Waals surface area contributed by atoms with Crippen molar-refractivity contribution in [2.24, 2.45) is 0 Å². The average molecular weight is 275 g/mol. The van der Waals surface area contributed by atoms with Gasteiger partial charge in [-0.15, -0.1) is 0 Å². The van der Waals surface area contributed by atoms with E-state index in [-0.39, 0.29) is 18.6 Å². The van der Waals surface area contributed by atoms with E-state index in [0.29, 0.717) is 19.7 Å². The van der Waals surface area contributed by atoms with Crippen LogP contribution in [0.1, 0.15) is 34.3 Å². The number of ether oxygens (including phenoxy) is 1. The monoisotopic (exact) mass is 275 g/mol. The summed E-state index contributed by atoms with van der Waals surface area (Å²) in [5.41, 5.74) is 3.49. The molecule has 0 aromatic heterocycles. The molecular weight excluding hydrogens is 254 g/mol. The number of carbonyl (C=O) groups excluding carboxylic acids is 1. The maximum absolute atomic E-state index is 12.5. The summed E-state index contributed by atoms with van der Waals surface area (Å²) in [4.78, 5) is 14.3. The van der Waals surface area contributed by atoms with Gasteiger partial charge in [0.25, 0.3) is 5.91 Å². The van der Waals surface area contributed by atoms with Crippen LogP contribution in [0.3, 0.4) is 0 Å². The van der Waals surface area contributed by atoms with E-state index in [4.69, 9.17) is 9.84 Å². The van der Waals surface area contributed by atoms with Crippen molar-refractivity contribution in [2.75, 3.05) is 26.3 Å². The van der Waals surface area contributed by atoms with Gasteiger partial charge in [0.1, 0.15) is 0 Å². The topological polar surface area (TPSA) is 49.8 Å². The molecule has 1 aromatic carbocycles. The van der Waals surface area contributed by atoms with Crippen molar-refractivity contribution < 1.29 is 14.6 Å². The highest BCUT2D eigenvalue weighted by Crippen LogP contribution is 2.23. The maximum atomic E-state index is 12.5. The fraction of sp³-hybridized carbons (Fsp3) is 0.562. The first-order valence-electron chi connectivity index (χ1n) is 7.41. The normalized spacial score (nSPS) is 22.4. The van der Waals surface area contributed by atoms with Gasteiger partial charge in [0.2, 0.25) is 0 Å². The summed E-state index contributed by atoms with van der Waals surface area (Å²) in [7, 11) is 0. The Morgan fingerprint density at radius 3 is 2.90 bits per heavy atom. The molecule has 1 N–H and O–H groups in total. The van der Waals surface area contributed by atoms with Crippen LogP contribution in [0.4, 0.5) is 0 Å². The van der Waals surface area contributed by atoms with E-state index in [1.807, 2.05) is 6.07 Å². The van der Waals surface area contributed by atoms with Gasteiger partial charge in [-0.2, -0.15) is 0 Å².